The number of benzene rings is 1. The fourth-order valence-electron chi connectivity index (χ4n) is 1.93. The summed E-state index contributed by atoms with van der Waals surface area (Å²) in [7, 11) is 0. The Morgan fingerprint density at radius 1 is 1.35 bits per heavy atom. The van der Waals surface area contributed by atoms with E-state index in [-0.39, 0.29) is 5.91 Å². The van der Waals surface area contributed by atoms with Gasteiger partial charge >= 0.3 is 0 Å². The predicted molar refractivity (Wildman–Crippen MR) is 83.3 cm³/mol. The van der Waals surface area contributed by atoms with Crippen LogP contribution in [0.2, 0.25) is 0 Å². The molecule has 2 rings (SSSR count). The minimum absolute atomic E-state index is 0.0746. The van der Waals surface area contributed by atoms with E-state index >= 15 is 0 Å². The van der Waals surface area contributed by atoms with Crippen LogP contribution >= 0.6 is 15.9 Å². The second kappa shape index (κ2) is 6.63. The lowest BCUT2D eigenvalue weighted by molar-refractivity contribution is -0.115. The van der Waals surface area contributed by atoms with Crippen LogP contribution in [0.5, 0.6) is 0 Å². The maximum Gasteiger partial charge on any atom is 0.228 e. The summed E-state index contributed by atoms with van der Waals surface area (Å²) < 4.78 is 0.781. The number of anilines is 1. The molecule has 20 heavy (non-hydrogen) atoms. The average Bonchev–Trinajstić information content (AvgIpc) is 2.43. The lowest BCUT2D eigenvalue weighted by Gasteiger charge is -2.09. The van der Waals surface area contributed by atoms with Crippen molar-refractivity contribution in [1.82, 2.24) is 4.98 Å². The van der Waals surface area contributed by atoms with Crippen molar-refractivity contribution >= 4 is 27.5 Å². The highest BCUT2D eigenvalue weighted by molar-refractivity contribution is 9.10. The van der Waals surface area contributed by atoms with E-state index in [9.17, 15) is 4.79 Å². The molecular weight excluding hydrogens is 318 g/mol. The van der Waals surface area contributed by atoms with Gasteiger partial charge in [0, 0.05) is 6.54 Å². The minimum Gasteiger partial charge on any atom is -0.326 e. The minimum atomic E-state index is -0.0746. The number of rotatable bonds is 4. The number of aryl methyl sites for hydroxylation is 1. The quantitative estimate of drug-likeness (QED) is 0.845. The number of halogens is 1. The Balaban J connectivity index is 2.07. The van der Waals surface area contributed by atoms with Gasteiger partial charge < -0.3 is 11.1 Å². The number of aromatic nitrogens is 1. The highest BCUT2D eigenvalue weighted by atomic mass is 79.9. The maximum atomic E-state index is 12.1. The Hall–Kier alpha value is -1.72. The first-order valence-corrected chi connectivity index (χ1v) is 7.08. The van der Waals surface area contributed by atoms with Gasteiger partial charge in [-0.2, -0.15) is 0 Å². The first-order valence-electron chi connectivity index (χ1n) is 6.29. The standard InChI is InChI=1S/C15H16BrN3O/c1-10-6-13(9-18-15(10)16)19-14(20)7-11-4-2-3-5-12(11)8-17/h2-6,9H,7-8,17H2,1H3,(H,19,20). The van der Waals surface area contributed by atoms with Crippen molar-refractivity contribution in [2.24, 2.45) is 5.73 Å². The van der Waals surface area contributed by atoms with E-state index in [0.29, 0.717) is 18.7 Å². The van der Waals surface area contributed by atoms with Gasteiger partial charge in [-0.1, -0.05) is 24.3 Å². The summed E-state index contributed by atoms with van der Waals surface area (Å²) in [6.45, 7) is 2.36. The highest BCUT2D eigenvalue weighted by Gasteiger charge is 2.08. The van der Waals surface area contributed by atoms with Crippen LogP contribution in [0.4, 0.5) is 5.69 Å². The van der Waals surface area contributed by atoms with Gasteiger partial charge in [-0.25, -0.2) is 4.98 Å². The Kier molecular flexibility index (Phi) is 4.87. The largest absolute Gasteiger partial charge is 0.326 e. The fourth-order valence-corrected chi connectivity index (χ4v) is 2.15. The molecule has 1 aromatic heterocycles. The smallest absolute Gasteiger partial charge is 0.228 e. The first kappa shape index (κ1) is 14.7. The molecule has 0 aliphatic carbocycles. The van der Waals surface area contributed by atoms with E-state index in [1.807, 2.05) is 37.3 Å². The third kappa shape index (κ3) is 3.65. The fraction of sp³-hybridized carbons (Fsp3) is 0.200. The van der Waals surface area contributed by atoms with Crippen molar-refractivity contribution in [2.45, 2.75) is 19.9 Å². The Morgan fingerprint density at radius 2 is 2.05 bits per heavy atom. The molecule has 104 valence electrons. The van der Waals surface area contributed by atoms with Crippen LogP contribution in [0.25, 0.3) is 0 Å². The van der Waals surface area contributed by atoms with Crippen molar-refractivity contribution in [1.29, 1.82) is 0 Å². The molecule has 0 aliphatic rings. The van der Waals surface area contributed by atoms with Gasteiger partial charge in [0.25, 0.3) is 0 Å². The third-order valence-corrected chi connectivity index (χ3v) is 3.82. The Morgan fingerprint density at radius 3 is 2.70 bits per heavy atom. The zero-order valence-electron chi connectivity index (χ0n) is 11.2. The number of carbonyl (C=O) groups excluding carboxylic acids is 1. The molecular formula is C15H16BrN3O. The van der Waals surface area contributed by atoms with Crippen LogP contribution in [0.3, 0.4) is 0 Å². The summed E-state index contributed by atoms with van der Waals surface area (Å²) in [6, 6.07) is 9.57. The van der Waals surface area contributed by atoms with Crippen molar-refractivity contribution in [3.63, 3.8) is 0 Å². The lowest BCUT2D eigenvalue weighted by atomic mass is 10.0. The van der Waals surface area contributed by atoms with E-state index in [4.69, 9.17) is 5.73 Å². The van der Waals surface area contributed by atoms with E-state index in [1.165, 1.54) is 0 Å². The second-order valence-electron chi connectivity index (χ2n) is 4.53. The van der Waals surface area contributed by atoms with E-state index in [1.54, 1.807) is 6.20 Å². The molecule has 1 amide bonds. The molecule has 2 aromatic rings. The summed E-state index contributed by atoms with van der Waals surface area (Å²) >= 11 is 3.33. The number of hydrogen-bond donors (Lipinski definition) is 2. The molecule has 3 N–H and O–H groups in total. The molecule has 4 nitrogen and oxygen atoms in total. The molecule has 0 aliphatic heterocycles. The molecule has 0 fully saturated rings. The Bertz CT molecular complexity index is 628. The van der Waals surface area contributed by atoms with Crippen LogP contribution in [0.1, 0.15) is 16.7 Å². The van der Waals surface area contributed by atoms with Gasteiger partial charge in [-0.15, -0.1) is 0 Å². The molecule has 0 saturated carbocycles. The zero-order valence-corrected chi connectivity index (χ0v) is 12.8. The van der Waals surface area contributed by atoms with Crippen molar-refractivity contribution < 1.29 is 4.79 Å². The van der Waals surface area contributed by atoms with E-state index in [0.717, 1.165) is 21.3 Å². The van der Waals surface area contributed by atoms with Crippen LogP contribution in [0, 0.1) is 6.92 Å². The molecule has 0 saturated heterocycles. The Labute approximate surface area is 126 Å². The van der Waals surface area contributed by atoms with Gasteiger partial charge in [-0.3, -0.25) is 4.79 Å². The normalized spacial score (nSPS) is 10.3. The molecule has 1 aromatic carbocycles. The summed E-state index contributed by atoms with van der Waals surface area (Å²) in [5.41, 5.74) is 9.29. The zero-order chi connectivity index (χ0) is 14.5. The van der Waals surface area contributed by atoms with Crippen LogP contribution < -0.4 is 11.1 Å². The molecule has 0 unspecified atom stereocenters. The summed E-state index contributed by atoms with van der Waals surface area (Å²) in [5.74, 6) is -0.0746. The van der Waals surface area contributed by atoms with Crippen LogP contribution in [0.15, 0.2) is 41.1 Å². The number of pyridine rings is 1. The van der Waals surface area contributed by atoms with E-state index < -0.39 is 0 Å². The van der Waals surface area contributed by atoms with Crippen molar-refractivity contribution in [2.75, 3.05) is 5.32 Å². The number of amides is 1. The van der Waals surface area contributed by atoms with E-state index in [2.05, 4.69) is 26.2 Å². The number of carbonyl (C=O) groups is 1. The molecule has 0 bridgehead atoms. The van der Waals surface area contributed by atoms with Crippen molar-refractivity contribution in [3.05, 3.63) is 57.8 Å². The average molecular weight is 334 g/mol. The molecule has 0 spiro atoms. The monoisotopic (exact) mass is 333 g/mol. The van der Waals surface area contributed by atoms with Gasteiger partial charge in [0.15, 0.2) is 0 Å². The number of nitrogens with zero attached hydrogens (tertiary/aromatic N) is 1. The summed E-state index contributed by atoms with van der Waals surface area (Å²) in [6.07, 6.45) is 1.94. The SMILES string of the molecule is Cc1cc(NC(=O)Cc2ccccc2CN)cnc1Br. The van der Waals surface area contributed by atoms with Crippen LogP contribution in [-0.4, -0.2) is 10.9 Å². The van der Waals surface area contributed by atoms with Gasteiger partial charge in [-0.05, 0) is 45.6 Å². The van der Waals surface area contributed by atoms with Crippen LogP contribution in [-0.2, 0) is 17.8 Å². The van der Waals surface area contributed by atoms with Gasteiger partial charge in [0.05, 0.1) is 18.3 Å². The number of nitrogens with one attached hydrogen (secondary N) is 1. The first-order chi connectivity index (χ1) is 9.60. The van der Waals surface area contributed by atoms with Gasteiger partial charge in [0.1, 0.15) is 4.60 Å². The lowest BCUT2D eigenvalue weighted by Crippen LogP contribution is -2.16. The van der Waals surface area contributed by atoms with Gasteiger partial charge in [0.2, 0.25) is 5.91 Å². The maximum absolute atomic E-state index is 12.1. The molecule has 5 heteroatoms. The number of nitrogens with two attached hydrogens (primary N) is 1. The summed E-state index contributed by atoms with van der Waals surface area (Å²) in [4.78, 5) is 16.2. The molecule has 0 radical (unpaired) electrons. The molecule has 0 atom stereocenters. The molecule has 1 heterocycles. The number of hydrogen-bond acceptors (Lipinski definition) is 3. The highest BCUT2D eigenvalue weighted by Crippen LogP contribution is 2.17. The summed E-state index contributed by atoms with van der Waals surface area (Å²) in [5, 5.41) is 2.85. The topological polar surface area (TPSA) is 68.0 Å². The second-order valence-corrected chi connectivity index (χ2v) is 5.28. The predicted octanol–water partition coefficient (Wildman–Crippen LogP) is 2.79. The third-order valence-electron chi connectivity index (χ3n) is 2.99. The van der Waals surface area contributed by atoms with Crippen molar-refractivity contribution in [3.8, 4) is 0 Å².